The number of nitrogens with zero attached hydrogens (tertiary/aromatic N) is 3. The summed E-state index contributed by atoms with van der Waals surface area (Å²) in [6, 6.07) is 0. The largest absolute Gasteiger partial charge is 0.382 e. The minimum absolute atomic E-state index is 0.548. The third kappa shape index (κ3) is 1.06. The maximum absolute atomic E-state index is 5.75. The Balaban J connectivity index is 2.87. The molecule has 2 rings (SSSR count). The second-order valence-electron chi connectivity index (χ2n) is 3.00. The van der Waals surface area contributed by atoms with Crippen molar-refractivity contribution in [3.8, 4) is 0 Å². The van der Waals surface area contributed by atoms with Crippen molar-refractivity contribution in [1.82, 2.24) is 14.4 Å². The summed E-state index contributed by atoms with van der Waals surface area (Å²) >= 11 is 0. The number of fused-ring (bicyclic) bond motifs is 1. The van der Waals surface area contributed by atoms with E-state index in [1.54, 1.807) is 6.20 Å². The van der Waals surface area contributed by atoms with Crippen LogP contribution in [0.2, 0.25) is 0 Å². The van der Waals surface area contributed by atoms with Gasteiger partial charge in [-0.05, 0) is 6.92 Å². The van der Waals surface area contributed by atoms with E-state index >= 15 is 0 Å². The fourth-order valence-electron chi connectivity index (χ4n) is 1.56. The van der Waals surface area contributed by atoms with E-state index in [1.807, 2.05) is 17.5 Å². The number of nitrogen functional groups attached to an aromatic ring is 1. The van der Waals surface area contributed by atoms with Gasteiger partial charge in [-0.15, -0.1) is 0 Å². The van der Waals surface area contributed by atoms with Crippen LogP contribution in [0.25, 0.3) is 5.52 Å². The Morgan fingerprint density at radius 2 is 2.31 bits per heavy atom. The average molecular weight is 176 g/mol. The van der Waals surface area contributed by atoms with Crippen LogP contribution in [-0.2, 0) is 6.42 Å². The van der Waals surface area contributed by atoms with Crippen molar-refractivity contribution in [2.75, 3.05) is 5.73 Å². The van der Waals surface area contributed by atoms with Gasteiger partial charge in [-0.2, -0.15) is 0 Å². The summed E-state index contributed by atoms with van der Waals surface area (Å²) < 4.78 is 2.00. The number of rotatable bonds is 1. The summed E-state index contributed by atoms with van der Waals surface area (Å²) in [5.74, 6) is 1.58. The van der Waals surface area contributed by atoms with Gasteiger partial charge in [-0.25, -0.2) is 9.97 Å². The normalized spacial score (nSPS) is 10.9. The predicted molar refractivity (Wildman–Crippen MR) is 51.5 cm³/mol. The van der Waals surface area contributed by atoms with Crippen LogP contribution in [0.1, 0.15) is 18.4 Å². The number of aryl methyl sites for hydroxylation is 2. The topological polar surface area (TPSA) is 56.2 Å². The molecule has 0 atom stereocenters. The first-order valence-corrected chi connectivity index (χ1v) is 4.32. The van der Waals surface area contributed by atoms with Crippen molar-refractivity contribution < 1.29 is 0 Å². The molecule has 68 valence electrons. The monoisotopic (exact) mass is 176 g/mol. The Hall–Kier alpha value is -1.58. The molecule has 0 saturated carbocycles. The summed E-state index contributed by atoms with van der Waals surface area (Å²) in [5, 5.41) is 0. The molecule has 2 N–H and O–H groups in total. The van der Waals surface area contributed by atoms with Gasteiger partial charge >= 0.3 is 0 Å². The molecule has 4 nitrogen and oxygen atoms in total. The molecule has 0 aliphatic rings. The van der Waals surface area contributed by atoms with Crippen molar-refractivity contribution in [3.05, 3.63) is 23.9 Å². The van der Waals surface area contributed by atoms with E-state index in [4.69, 9.17) is 5.73 Å². The maximum Gasteiger partial charge on any atom is 0.149 e. The molecule has 0 amide bonds. The van der Waals surface area contributed by atoms with Crippen molar-refractivity contribution >= 4 is 11.3 Å². The third-order valence-electron chi connectivity index (χ3n) is 2.15. The van der Waals surface area contributed by atoms with Crippen LogP contribution in [0, 0.1) is 6.92 Å². The Morgan fingerprint density at radius 1 is 1.54 bits per heavy atom. The molecule has 2 aromatic heterocycles. The minimum Gasteiger partial charge on any atom is -0.382 e. The van der Waals surface area contributed by atoms with E-state index in [-0.39, 0.29) is 0 Å². The standard InChI is InChI=1S/C9H12N4/c1-3-7-12-6(2)8-9(10)11-4-5-13(7)8/h4-5H,3H2,1-2H3,(H2,10,11). The third-order valence-corrected chi connectivity index (χ3v) is 2.15. The molecular formula is C9H12N4. The zero-order valence-corrected chi connectivity index (χ0v) is 7.78. The number of imidazole rings is 1. The van der Waals surface area contributed by atoms with E-state index in [1.165, 1.54) is 0 Å². The van der Waals surface area contributed by atoms with Crippen molar-refractivity contribution in [3.63, 3.8) is 0 Å². The SMILES string of the molecule is CCc1nc(C)c2c(N)nccn12. The van der Waals surface area contributed by atoms with Crippen molar-refractivity contribution in [1.29, 1.82) is 0 Å². The van der Waals surface area contributed by atoms with Crippen LogP contribution in [0.5, 0.6) is 0 Å². The Labute approximate surface area is 76.4 Å². The van der Waals surface area contributed by atoms with E-state index < -0.39 is 0 Å². The number of aromatic nitrogens is 3. The van der Waals surface area contributed by atoms with Crippen LogP contribution < -0.4 is 5.73 Å². The highest BCUT2D eigenvalue weighted by Crippen LogP contribution is 2.16. The Morgan fingerprint density at radius 3 is 3.00 bits per heavy atom. The highest BCUT2D eigenvalue weighted by Gasteiger charge is 2.08. The maximum atomic E-state index is 5.75. The fraction of sp³-hybridized carbons (Fsp3) is 0.333. The van der Waals surface area contributed by atoms with Gasteiger partial charge in [-0.1, -0.05) is 6.92 Å². The number of nitrogens with two attached hydrogens (primary N) is 1. The van der Waals surface area contributed by atoms with Gasteiger partial charge in [0, 0.05) is 18.8 Å². The van der Waals surface area contributed by atoms with Crippen LogP contribution in [0.3, 0.4) is 0 Å². The summed E-state index contributed by atoms with van der Waals surface area (Å²) in [7, 11) is 0. The van der Waals surface area contributed by atoms with Crippen molar-refractivity contribution in [2.45, 2.75) is 20.3 Å². The lowest BCUT2D eigenvalue weighted by Gasteiger charge is -1.99. The highest BCUT2D eigenvalue weighted by atomic mass is 15.1. The first-order valence-electron chi connectivity index (χ1n) is 4.32. The fourth-order valence-corrected chi connectivity index (χ4v) is 1.56. The van der Waals surface area contributed by atoms with Crippen LogP contribution in [0.4, 0.5) is 5.82 Å². The average Bonchev–Trinajstić information content (AvgIpc) is 2.44. The molecule has 0 aromatic carbocycles. The second kappa shape index (κ2) is 2.73. The smallest absolute Gasteiger partial charge is 0.149 e. The highest BCUT2D eigenvalue weighted by molar-refractivity contribution is 5.68. The molecule has 0 saturated heterocycles. The lowest BCUT2D eigenvalue weighted by Crippen LogP contribution is -1.97. The van der Waals surface area contributed by atoms with Crippen LogP contribution in [-0.4, -0.2) is 14.4 Å². The lowest BCUT2D eigenvalue weighted by atomic mass is 10.4. The Bertz CT molecular complexity index is 444. The minimum atomic E-state index is 0.548. The first kappa shape index (κ1) is 8.04. The van der Waals surface area contributed by atoms with E-state index in [0.29, 0.717) is 5.82 Å². The predicted octanol–water partition coefficient (Wildman–Crippen LogP) is 1.18. The zero-order chi connectivity index (χ0) is 9.42. The van der Waals surface area contributed by atoms with Gasteiger partial charge < -0.3 is 5.73 Å². The van der Waals surface area contributed by atoms with Gasteiger partial charge in [0.1, 0.15) is 17.2 Å². The second-order valence-corrected chi connectivity index (χ2v) is 3.00. The summed E-state index contributed by atoms with van der Waals surface area (Å²) in [6.07, 6.45) is 4.49. The lowest BCUT2D eigenvalue weighted by molar-refractivity contribution is 0.924. The quantitative estimate of drug-likeness (QED) is 0.709. The molecule has 0 fully saturated rings. The molecule has 4 heteroatoms. The summed E-state index contributed by atoms with van der Waals surface area (Å²) in [4.78, 5) is 8.44. The van der Waals surface area contributed by atoms with Gasteiger partial charge in [0.2, 0.25) is 0 Å². The van der Waals surface area contributed by atoms with E-state index in [0.717, 1.165) is 23.5 Å². The molecule has 0 radical (unpaired) electrons. The number of anilines is 1. The van der Waals surface area contributed by atoms with Gasteiger partial charge in [0.15, 0.2) is 0 Å². The van der Waals surface area contributed by atoms with Crippen LogP contribution >= 0.6 is 0 Å². The molecule has 0 spiro atoms. The van der Waals surface area contributed by atoms with E-state index in [2.05, 4.69) is 16.9 Å². The first-order chi connectivity index (χ1) is 6.24. The molecule has 0 aliphatic heterocycles. The van der Waals surface area contributed by atoms with Crippen LogP contribution in [0.15, 0.2) is 12.4 Å². The number of hydrogen-bond acceptors (Lipinski definition) is 3. The molecule has 2 aromatic rings. The molecule has 0 unspecified atom stereocenters. The summed E-state index contributed by atoms with van der Waals surface area (Å²) in [5.41, 5.74) is 7.63. The van der Waals surface area contributed by atoms with Crippen molar-refractivity contribution in [2.24, 2.45) is 0 Å². The van der Waals surface area contributed by atoms with Gasteiger partial charge in [-0.3, -0.25) is 4.40 Å². The molecule has 0 aliphatic carbocycles. The zero-order valence-electron chi connectivity index (χ0n) is 7.78. The number of hydrogen-bond donors (Lipinski definition) is 1. The van der Waals surface area contributed by atoms with Gasteiger partial charge in [0.05, 0.1) is 5.69 Å². The molecule has 0 bridgehead atoms. The van der Waals surface area contributed by atoms with Gasteiger partial charge in [0.25, 0.3) is 0 Å². The molecular weight excluding hydrogens is 164 g/mol. The molecule has 13 heavy (non-hydrogen) atoms. The van der Waals surface area contributed by atoms with E-state index in [9.17, 15) is 0 Å². The molecule has 2 heterocycles. The summed E-state index contributed by atoms with van der Waals surface area (Å²) in [6.45, 7) is 4.03. The Kier molecular flexibility index (Phi) is 1.69.